The molecule has 3 rings (SSSR count). The average Bonchev–Trinajstić information content (AvgIpc) is 2.63. The van der Waals surface area contributed by atoms with Crippen LogP contribution in [0.1, 0.15) is 31.2 Å². The quantitative estimate of drug-likeness (QED) is 0.853. The number of aromatic nitrogens is 2. The third-order valence-electron chi connectivity index (χ3n) is 4.75. The van der Waals surface area contributed by atoms with Gasteiger partial charge in [-0.25, -0.2) is 0 Å². The predicted octanol–water partition coefficient (Wildman–Crippen LogP) is 3.12. The van der Waals surface area contributed by atoms with Crippen LogP contribution in [0.2, 0.25) is 0 Å². The summed E-state index contributed by atoms with van der Waals surface area (Å²) in [5.74, 6) is -0.198. The Morgan fingerprint density at radius 3 is 2.62 bits per heavy atom. The normalized spacial score (nSPS) is 20.7. The second-order valence-electron chi connectivity index (χ2n) is 6.51. The molecule has 2 aromatic heterocycles. The van der Waals surface area contributed by atoms with Crippen molar-refractivity contribution in [3.8, 4) is 11.1 Å². The van der Waals surface area contributed by atoms with Crippen LogP contribution in [0, 0.1) is 11.8 Å². The first kappa shape index (κ1) is 16.6. The van der Waals surface area contributed by atoms with Crippen molar-refractivity contribution in [1.82, 2.24) is 15.3 Å². The Labute approximate surface area is 142 Å². The molecule has 2 aromatic rings. The zero-order chi connectivity index (χ0) is 16.8. The van der Waals surface area contributed by atoms with Gasteiger partial charge in [0, 0.05) is 42.5 Å². The number of hydrogen-bond donors (Lipinski definition) is 2. The van der Waals surface area contributed by atoms with Gasteiger partial charge in [-0.05, 0) is 55.8 Å². The number of aliphatic carboxylic acids is 1. The predicted molar refractivity (Wildman–Crippen MR) is 92.3 cm³/mol. The molecule has 2 heterocycles. The number of nitrogens with one attached hydrogen (secondary N) is 1. The lowest BCUT2D eigenvalue weighted by Crippen LogP contribution is -2.28. The summed E-state index contributed by atoms with van der Waals surface area (Å²) < 4.78 is 0. The van der Waals surface area contributed by atoms with Gasteiger partial charge >= 0.3 is 5.97 Å². The molecule has 0 saturated heterocycles. The van der Waals surface area contributed by atoms with E-state index in [1.807, 2.05) is 30.7 Å². The first-order valence-electron chi connectivity index (χ1n) is 8.50. The van der Waals surface area contributed by atoms with Crippen LogP contribution in [0.3, 0.4) is 0 Å². The van der Waals surface area contributed by atoms with E-state index < -0.39 is 5.97 Å². The van der Waals surface area contributed by atoms with Gasteiger partial charge in [0.25, 0.3) is 0 Å². The van der Waals surface area contributed by atoms with Crippen LogP contribution in [-0.4, -0.2) is 27.6 Å². The molecule has 5 heteroatoms. The third kappa shape index (κ3) is 4.38. The van der Waals surface area contributed by atoms with Crippen molar-refractivity contribution >= 4 is 5.97 Å². The van der Waals surface area contributed by atoms with E-state index in [1.54, 1.807) is 6.20 Å². The third-order valence-corrected chi connectivity index (χ3v) is 4.75. The van der Waals surface area contributed by atoms with Crippen molar-refractivity contribution in [2.45, 2.75) is 32.2 Å². The lowest BCUT2D eigenvalue weighted by Gasteiger charge is -2.26. The number of carboxylic acid groups (broad SMARTS) is 1. The first-order valence-corrected chi connectivity index (χ1v) is 8.50. The Morgan fingerprint density at radius 2 is 1.92 bits per heavy atom. The summed E-state index contributed by atoms with van der Waals surface area (Å²) in [5, 5.41) is 12.5. The minimum absolute atomic E-state index is 0.137. The minimum Gasteiger partial charge on any atom is -0.481 e. The van der Waals surface area contributed by atoms with Gasteiger partial charge in [-0.2, -0.15) is 0 Å². The fourth-order valence-electron chi connectivity index (χ4n) is 3.31. The van der Waals surface area contributed by atoms with Gasteiger partial charge in [-0.15, -0.1) is 0 Å². The fraction of sp³-hybridized carbons (Fsp3) is 0.421. The van der Waals surface area contributed by atoms with E-state index in [-0.39, 0.29) is 5.92 Å². The van der Waals surface area contributed by atoms with E-state index in [9.17, 15) is 4.79 Å². The van der Waals surface area contributed by atoms with Gasteiger partial charge < -0.3 is 10.4 Å². The fourth-order valence-corrected chi connectivity index (χ4v) is 3.31. The van der Waals surface area contributed by atoms with Crippen molar-refractivity contribution in [2.24, 2.45) is 11.8 Å². The van der Waals surface area contributed by atoms with Crippen molar-refractivity contribution in [3.05, 3.63) is 48.5 Å². The Balaban J connectivity index is 1.48. The number of carboxylic acids is 1. The Morgan fingerprint density at radius 1 is 1.12 bits per heavy atom. The number of hydrogen-bond acceptors (Lipinski definition) is 4. The molecular formula is C19H23N3O2. The van der Waals surface area contributed by atoms with E-state index in [1.165, 1.54) is 0 Å². The molecule has 0 atom stereocenters. The molecule has 0 amide bonds. The van der Waals surface area contributed by atoms with Crippen LogP contribution < -0.4 is 5.32 Å². The van der Waals surface area contributed by atoms with Gasteiger partial charge in [0.2, 0.25) is 0 Å². The second-order valence-corrected chi connectivity index (χ2v) is 6.51. The zero-order valence-electron chi connectivity index (χ0n) is 13.7. The molecule has 24 heavy (non-hydrogen) atoms. The van der Waals surface area contributed by atoms with E-state index in [4.69, 9.17) is 5.11 Å². The summed E-state index contributed by atoms with van der Waals surface area (Å²) >= 11 is 0. The molecule has 0 radical (unpaired) electrons. The Kier molecular flexibility index (Phi) is 5.54. The van der Waals surface area contributed by atoms with Gasteiger partial charge in [0.1, 0.15) is 0 Å². The molecule has 1 aliphatic rings. The molecule has 1 aliphatic carbocycles. The van der Waals surface area contributed by atoms with Gasteiger partial charge in [-0.1, -0.05) is 6.07 Å². The van der Waals surface area contributed by atoms with Crippen LogP contribution in [0.15, 0.2) is 43.0 Å². The molecule has 1 fully saturated rings. The first-order chi connectivity index (χ1) is 11.7. The highest BCUT2D eigenvalue weighted by Gasteiger charge is 2.25. The summed E-state index contributed by atoms with van der Waals surface area (Å²) in [6.45, 7) is 1.71. The Bertz CT molecular complexity index is 667. The van der Waals surface area contributed by atoms with Crippen LogP contribution in [-0.2, 0) is 11.3 Å². The molecule has 0 aromatic carbocycles. The summed E-state index contributed by atoms with van der Waals surface area (Å²) in [4.78, 5) is 19.5. The van der Waals surface area contributed by atoms with Crippen molar-refractivity contribution in [1.29, 1.82) is 0 Å². The maximum atomic E-state index is 11.0. The van der Waals surface area contributed by atoms with E-state index in [2.05, 4.69) is 21.4 Å². The number of nitrogens with zero attached hydrogens (tertiary/aromatic N) is 2. The zero-order valence-corrected chi connectivity index (χ0v) is 13.7. The molecule has 126 valence electrons. The SMILES string of the molecule is O=C(O)C1CCC(CNCc2cncc(-c3cccnc3)c2)CC1. The molecule has 0 aliphatic heterocycles. The number of rotatable bonds is 6. The van der Waals surface area contributed by atoms with Gasteiger partial charge in [0.15, 0.2) is 0 Å². The summed E-state index contributed by atoms with van der Waals surface area (Å²) in [6.07, 6.45) is 11.0. The standard InChI is InChI=1S/C19H23N3O2/c23-19(24)16-5-3-14(4-6-16)9-21-10-15-8-18(13-22-11-15)17-2-1-7-20-12-17/h1-2,7-8,11-14,16,21H,3-6,9-10H2,(H,23,24). The van der Waals surface area contributed by atoms with Crippen LogP contribution in [0.25, 0.3) is 11.1 Å². The molecule has 0 unspecified atom stereocenters. The smallest absolute Gasteiger partial charge is 0.306 e. The molecule has 5 nitrogen and oxygen atoms in total. The van der Waals surface area contributed by atoms with Crippen LogP contribution in [0.5, 0.6) is 0 Å². The van der Waals surface area contributed by atoms with Gasteiger partial charge in [0.05, 0.1) is 5.92 Å². The molecular weight excluding hydrogens is 302 g/mol. The monoisotopic (exact) mass is 325 g/mol. The number of carbonyl (C=O) groups is 1. The largest absolute Gasteiger partial charge is 0.481 e. The average molecular weight is 325 g/mol. The van der Waals surface area contributed by atoms with Crippen LogP contribution >= 0.6 is 0 Å². The summed E-state index contributed by atoms with van der Waals surface area (Å²) in [5.41, 5.74) is 3.29. The highest BCUT2D eigenvalue weighted by molar-refractivity contribution is 5.70. The maximum absolute atomic E-state index is 11.0. The van der Waals surface area contributed by atoms with E-state index in [0.717, 1.165) is 55.5 Å². The second kappa shape index (κ2) is 8.02. The Hall–Kier alpha value is -2.27. The van der Waals surface area contributed by atoms with Crippen molar-refractivity contribution in [3.63, 3.8) is 0 Å². The molecule has 0 spiro atoms. The highest BCUT2D eigenvalue weighted by atomic mass is 16.4. The highest BCUT2D eigenvalue weighted by Crippen LogP contribution is 2.28. The minimum atomic E-state index is -0.639. The molecule has 1 saturated carbocycles. The topological polar surface area (TPSA) is 75.1 Å². The summed E-state index contributed by atoms with van der Waals surface area (Å²) in [6, 6.07) is 6.09. The van der Waals surface area contributed by atoms with Crippen LogP contribution in [0.4, 0.5) is 0 Å². The van der Waals surface area contributed by atoms with Crippen molar-refractivity contribution in [2.75, 3.05) is 6.54 Å². The van der Waals surface area contributed by atoms with E-state index in [0.29, 0.717) is 5.92 Å². The summed E-state index contributed by atoms with van der Waals surface area (Å²) in [7, 11) is 0. The molecule has 2 N–H and O–H groups in total. The lowest BCUT2D eigenvalue weighted by atomic mass is 9.82. The van der Waals surface area contributed by atoms with Gasteiger partial charge in [-0.3, -0.25) is 14.8 Å². The number of pyridine rings is 2. The lowest BCUT2D eigenvalue weighted by molar-refractivity contribution is -0.143. The maximum Gasteiger partial charge on any atom is 0.306 e. The molecule has 0 bridgehead atoms. The van der Waals surface area contributed by atoms with E-state index >= 15 is 0 Å². The van der Waals surface area contributed by atoms with Crippen molar-refractivity contribution < 1.29 is 9.90 Å².